The summed E-state index contributed by atoms with van der Waals surface area (Å²) in [5.74, 6) is -2.84. The molecule has 0 unspecified atom stereocenters. The molecule has 1 N–H and O–H groups in total. The highest BCUT2D eigenvalue weighted by atomic mass is 19.1. The number of aliphatic carboxylic acids is 1. The Morgan fingerprint density at radius 3 is 2.42 bits per heavy atom. The first-order valence-electron chi connectivity index (χ1n) is 8.50. The first kappa shape index (κ1) is 18.0. The minimum atomic E-state index is -1.68. The molecule has 1 aliphatic rings. The normalized spacial score (nSPS) is 22.8. The summed E-state index contributed by atoms with van der Waals surface area (Å²) in [6.45, 7) is 5.40. The van der Waals surface area contributed by atoms with E-state index in [0.29, 0.717) is 23.4 Å². The average Bonchev–Trinajstić information content (AvgIpc) is 2.93. The van der Waals surface area contributed by atoms with E-state index in [-0.39, 0.29) is 6.42 Å². The van der Waals surface area contributed by atoms with Gasteiger partial charge in [-0.25, -0.2) is 9.07 Å². The number of carboxylic acid groups (broad SMARTS) is 1. The van der Waals surface area contributed by atoms with E-state index in [4.69, 9.17) is 0 Å². The number of carboxylic acids is 1. The molecule has 2 aromatic rings. The molecule has 0 fully saturated rings. The number of carbonyl (C=O) groups excluding carboxylic acids is 1. The Balaban J connectivity index is 2.19. The molecule has 0 bridgehead atoms. The minimum Gasteiger partial charge on any atom is -0.480 e. The number of allylic oxidation sites excluding steroid dienone is 2. The summed E-state index contributed by atoms with van der Waals surface area (Å²) in [4.78, 5) is 25.8. The van der Waals surface area contributed by atoms with Crippen LogP contribution in [0.3, 0.4) is 0 Å². The maximum Gasteiger partial charge on any atom is 0.320 e. The largest absolute Gasteiger partial charge is 0.480 e. The monoisotopic (exact) mass is 356 g/mol. The summed E-state index contributed by atoms with van der Waals surface area (Å²) >= 11 is 0. The van der Waals surface area contributed by atoms with Crippen molar-refractivity contribution in [1.82, 2.24) is 9.78 Å². The quantitative estimate of drug-likeness (QED) is 0.669. The van der Waals surface area contributed by atoms with Crippen LogP contribution < -0.4 is 0 Å². The van der Waals surface area contributed by atoms with Gasteiger partial charge in [0.2, 0.25) is 0 Å². The predicted octanol–water partition coefficient (Wildman–Crippen LogP) is 3.87. The molecule has 1 aromatic carbocycles. The number of hydrogen-bond acceptors (Lipinski definition) is 3. The van der Waals surface area contributed by atoms with Crippen molar-refractivity contribution in [1.29, 1.82) is 0 Å². The number of aromatic nitrogens is 2. The van der Waals surface area contributed by atoms with Crippen molar-refractivity contribution in [3.05, 3.63) is 64.7 Å². The van der Waals surface area contributed by atoms with Crippen LogP contribution in [0.1, 0.15) is 47.4 Å². The van der Waals surface area contributed by atoms with Gasteiger partial charge in [-0.05, 0) is 57.4 Å². The molecule has 1 aliphatic carbocycles. The second-order valence-corrected chi connectivity index (χ2v) is 6.96. The molecule has 0 radical (unpaired) electrons. The molecule has 5 nitrogen and oxygen atoms in total. The Morgan fingerprint density at radius 1 is 1.23 bits per heavy atom. The third kappa shape index (κ3) is 2.85. The fourth-order valence-electron chi connectivity index (χ4n) is 3.71. The fraction of sp³-hybridized carbons (Fsp3) is 0.350. The molecular weight excluding hydrogens is 335 g/mol. The third-order valence-electron chi connectivity index (χ3n) is 5.09. The number of benzene rings is 1. The lowest BCUT2D eigenvalue weighted by Gasteiger charge is -2.38. The predicted molar refractivity (Wildman–Crippen MR) is 94.5 cm³/mol. The number of nitrogens with zero attached hydrogens (tertiary/aromatic N) is 2. The van der Waals surface area contributed by atoms with E-state index in [9.17, 15) is 19.1 Å². The highest BCUT2D eigenvalue weighted by molar-refractivity contribution is 6.04. The van der Waals surface area contributed by atoms with Crippen LogP contribution >= 0.6 is 0 Å². The SMILES string of the molecule is CC1=C[C@H](c2ccc(F)cc2)[C@](C(=O)O)(C(=O)n2nc(C)cc2C)CC1. The van der Waals surface area contributed by atoms with Gasteiger partial charge in [0, 0.05) is 11.6 Å². The molecule has 0 saturated carbocycles. The molecule has 0 saturated heterocycles. The van der Waals surface area contributed by atoms with Crippen molar-refractivity contribution in [2.75, 3.05) is 0 Å². The first-order valence-corrected chi connectivity index (χ1v) is 8.50. The smallest absolute Gasteiger partial charge is 0.320 e. The molecule has 3 rings (SSSR count). The lowest BCUT2D eigenvalue weighted by molar-refractivity contribution is -0.147. The molecule has 136 valence electrons. The van der Waals surface area contributed by atoms with Crippen molar-refractivity contribution in [2.24, 2.45) is 5.41 Å². The Bertz CT molecular complexity index is 898. The van der Waals surface area contributed by atoms with E-state index in [1.807, 2.05) is 13.0 Å². The van der Waals surface area contributed by atoms with Crippen molar-refractivity contribution in [3.8, 4) is 0 Å². The number of halogens is 1. The fourth-order valence-corrected chi connectivity index (χ4v) is 3.71. The lowest BCUT2D eigenvalue weighted by Crippen LogP contribution is -2.48. The summed E-state index contributed by atoms with van der Waals surface area (Å²) in [6, 6.07) is 7.40. The first-order chi connectivity index (χ1) is 12.3. The molecule has 1 aromatic heterocycles. The summed E-state index contributed by atoms with van der Waals surface area (Å²) in [7, 11) is 0. The van der Waals surface area contributed by atoms with E-state index in [1.54, 1.807) is 32.0 Å². The third-order valence-corrected chi connectivity index (χ3v) is 5.09. The average molecular weight is 356 g/mol. The van der Waals surface area contributed by atoms with Crippen molar-refractivity contribution in [2.45, 2.75) is 39.5 Å². The Hall–Kier alpha value is -2.76. The summed E-state index contributed by atoms with van der Waals surface area (Å²) in [5, 5.41) is 14.3. The molecule has 1 heterocycles. The lowest BCUT2D eigenvalue weighted by atomic mass is 9.64. The van der Waals surface area contributed by atoms with Crippen molar-refractivity contribution in [3.63, 3.8) is 0 Å². The Kier molecular flexibility index (Phi) is 4.52. The van der Waals surface area contributed by atoms with Gasteiger partial charge in [-0.2, -0.15) is 5.10 Å². The van der Waals surface area contributed by atoms with Gasteiger partial charge >= 0.3 is 5.97 Å². The second-order valence-electron chi connectivity index (χ2n) is 6.96. The van der Waals surface area contributed by atoms with Crippen molar-refractivity contribution >= 4 is 11.9 Å². The van der Waals surface area contributed by atoms with Crippen LogP contribution in [0.5, 0.6) is 0 Å². The van der Waals surface area contributed by atoms with Gasteiger partial charge in [-0.1, -0.05) is 23.8 Å². The minimum absolute atomic E-state index is 0.171. The summed E-state index contributed by atoms with van der Waals surface area (Å²) in [6.07, 6.45) is 2.49. The maximum absolute atomic E-state index is 13.4. The van der Waals surface area contributed by atoms with Crippen LogP contribution in [0.25, 0.3) is 0 Å². The van der Waals surface area contributed by atoms with Gasteiger partial charge < -0.3 is 5.11 Å². The number of aryl methyl sites for hydroxylation is 2. The van der Waals surface area contributed by atoms with E-state index in [1.165, 1.54) is 16.8 Å². The summed E-state index contributed by atoms with van der Waals surface area (Å²) in [5.41, 5.74) is 1.18. The van der Waals surface area contributed by atoms with E-state index >= 15 is 0 Å². The van der Waals surface area contributed by atoms with Gasteiger partial charge in [0.05, 0.1) is 5.69 Å². The number of rotatable bonds is 3. The maximum atomic E-state index is 13.4. The van der Waals surface area contributed by atoms with Crippen LogP contribution in [-0.2, 0) is 4.79 Å². The molecule has 2 atom stereocenters. The second kappa shape index (κ2) is 6.52. The van der Waals surface area contributed by atoms with Gasteiger partial charge in [0.1, 0.15) is 5.82 Å². The topological polar surface area (TPSA) is 72.2 Å². The molecular formula is C20H21FN2O3. The Morgan fingerprint density at radius 2 is 1.88 bits per heavy atom. The van der Waals surface area contributed by atoms with Gasteiger partial charge in [-0.3, -0.25) is 9.59 Å². The molecule has 26 heavy (non-hydrogen) atoms. The Labute approximate surface area is 151 Å². The van der Waals surface area contributed by atoms with Crippen LogP contribution in [0.15, 0.2) is 42.0 Å². The molecule has 0 amide bonds. The zero-order chi connectivity index (χ0) is 19.1. The highest BCUT2D eigenvalue weighted by Gasteiger charge is 2.54. The van der Waals surface area contributed by atoms with Crippen molar-refractivity contribution < 1.29 is 19.1 Å². The van der Waals surface area contributed by atoms with Crippen LogP contribution in [0.4, 0.5) is 4.39 Å². The molecule has 0 spiro atoms. The molecule has 6 heteroatoms. The van der Waals surface area contributed by atoms with E-state index < -0.39 is 29.0 Å². The van der Waals surface area contributed by atoms with Crippen LogP contribution in [0.2, 0.25) is 0 Å². The molecule has 0 aliphatic heterocycles. The van der Waals surface area contributed by atoms with Gasteiger partial charge in [0.25, 0.3) is 5.91 Å². The zero-order valence-corrected chi connectivity index (χ0v) is 15.0. The van der Waals surface area contributed by atoms with Gasteiger partial charge in [-0.15, -0.1) is 0 Å². The van der Waals surface area contributed by atoms with E-state index in [2.05, 4.69) is 5.10 Å². The van der Waals surface area contributed by atoms with Gasteiger partial charge in [0.15, 0.2) is 5.41 Å². The van der Waals surface area contributed by atoms with Crippen LogP contribution in [0, 0.1) is 25.1 Å². The van der Waals surface area contributed by atoms with E-state index in [0.717, 1.165) is 5.57 Å². The highest BCUT2D eigenvalue weighted by Crippen LogP contribution is 2.47. The zero-order valence-electron chi connectivity index (χ0n) is 15.0. The van der Waals surface area contributed by atoms with Crippen LogP contribution in [-0.4, -0.2) is 26.8 Å². The number of hydrogen-bond donors (Lipinski definition) is 1. The summed E-state index contributed by atoms with van der Waals surface area (Å²) < 4.78 is 14.5. The standard InChI is InChI=1S/C20H21FN2O3/c1-12-8-9-20(19(25)26,18(24)23-14(3)11-13(2)22-23)17(10-12)15-4-6-16(21)7-5-15/h4-7,10-11,17H,8-9H2,1-3H3,(H,25,26)/t17-,20+/m1/s1. The number of carbonyl (C=O) groups is 2.